The monoisotopic (exact) mass is 299 g/mol. The minimum atomic E-state index is 0.698. The lowest BCUT2D eigenvalue weighted by Gasteiger charge is -2.10. The first kappa shape index (κ1) is 13.6. The molecule has 0 saturated heterocycles. The smallest absolute Gasteiger partial charge is 0.0931 e. The molecule has 0 bridgehead atoms. The van der Waals surface area contributed by atoms with E-state index in [4.69, 9.17) is 5.73 Å². The summed E-state index contributed by atoms with van der Waals surface area (Å²) in [5.74, 6) is 0. The van der Waals surface area contributed by atoms with Crippen LogP contribution in [-0.2, 0) is 0 Å². The predicted octanol–water partition coefficient (Wildman–Crippen LogP) is 4.79. The fourth-order valence-electron chi connectivity index (χ4n) is 3.07. The van der Waals surface area contributed by atoms with Crippen molar-refractivity contribution in [1.82, 2.24) is 9.97 Å². The molecule has 0 fully saturated rings. The summed E-state index contributed by atoms with van der Waals surface area (Å²) in [4.78, 5) is 7.71. The fourth-order valence-corrected chi connectivity index (χ4v) is 3.07. The van der Waals surface area contributed by atoms with Gasteiger partial charge in [-0.1, -0.05) is 18.2 Å². The van der Waals surface area contributed by atoms with Crippen LogP contribution in [0.3, 0.4) is 0 Å². The molecule has 2 heterocycles. The van der Waals surface area contributed by atoms with Crippen molar-refractivity contribution in [3.63, 3.8) is 0 Å². The lowest BCUT2D eigenvalue weighted by atomic mass is 9.96. The maximum atomic E-state index is 6.10. The van der Waals surface area contributed by atoms with E-state index in [0.29, 0.717) is 5.69 Å². The summed E-state index contributed by atoms with van der Waals surface area (Å²) in [7, 11) is 0. The van der Waals surface area contributed by atoms with E-state index in [2.05, 4.69) is 59.4 Å². The molecule has 23 heavy (non-hydrogen) atoms. The van der Waals surface area contributed by atoms with Gasteiger partial charge in [0.1, 0.15) is 0 Å². The number of nitrogens with two attached hydrogens (primary N) is 1. The zero-order valence-corrected chi connectivity index (χ0v) is 12.9. The second-order valence-corrected chi connectivity index (χ2v) is 5.77. The highest BCUT2D eigenvalue weighted by atomic mass is 14.7. The third-order valence-electron chi connectivity index (χ3n) is 4.10. The van der Waals surface area contributed by atoms with E-state index in [1.54, 1.807) is 6.20 Å². The van der Waals surface area contributed by atoms with E-state index in [1.807, 2.05) is 18.3 Å². The molecule has 0 spiro atoms. The highest BCUT2D eigenvalue weighted by Gasteiger charge is 2.09. The number of nitrogen functional groups attached to an aromatic ring is 1. The molecule has 0 saturated carbocycles. The number of H-pyrrole nitrogens is 1. The van der Waals surface area contributed by atoms with Crippen LogP contribution in [0, 0.1) is 6.92 Å². The fraction of sp³-hybridized carbons (Fsp3) is 0.0500. The molecule has 112 valence electrons. The number of hydrogen-bond donors (Lipinski definition) is 2. The average Bonchev–Trinajstić information content (AvgIpc) is 3.03. The minimum Gasteiger partial charge on any atom is -0.397 e. The number of aromatic nitrogens is 2. The summed E-state index contributed by atoms with van der Waals surface area (Å²) in [6.07, 6.45) is 3.75. The molecular formula is C20H17N3. The van der Waals surface area contributed by atoms with Crippen LogP contribution < -0.4 is 5.73 Å². The number of fused-ring (bicyclic) bond motifs is 1. The van der Waals surface area contributed by atoms with E-state index in [-0.39, 0.29) is 0 Å². The van der Waals surface area contributed by atoms with Gasteiger partial charge in [0.05, 0.1) is 11.4 Å². The second-order valence-electron chi connectivity index (χ2n) is 5.77. The standard InChI is InChI=1S/C20H17N3/c1-13-10-14(16-4-2-6-19-17(16)7-9-22-19)12-15(11-13)20-18(21)5-3-8-23-20/h2-12,22H,21H2,1H3. The van der Waals surface area contributed by atoms with Crippen molar-refractivity contribution in [2.75, 3.05) is 5.73 Å². The third kappa shape index (κ3) is 2.36. The number of rotatable bonds is 2. The van der Waals surface area contributed by atoms with Crippen molar-refractivity contribution >= 4 is 16.6 Å². The van der Waals surface area contributed by atoms with Crippen LogP contribution in [0.1, 0.15) is 5.56 Å². The molecule has 0 aliphatic heterocycles. The van der Waals surface area contributed by atoms with Crippen LogP contribution in [0.15, 0.2) is 67.0 Å². The van der Waals surface area contributed by atoms with Crippen molar-refractivity contribution in [2.45, 2.75) is 6.92 Å². The average molecular weight is 299 g/mol. The molecule has 0 radical (unpaired) electrons. The Hall–Kier alpha value is -3.07. The molecule has 0 aliphatic carbocycles. The Kier molecular flexibility index (Phi) is 3.12. The summed E-state index contributed by atoms with van der Waals surface area (Å²) >= 11 is 0. The van der Waals surface area contributed by atoms with Gasteiger partial charge < -0.3 is 10.7 Å². The molecular weight excluding hydrogens is 282 g/mol. The van der Waals surface area contributed by atoms with E-state index in [0.717, 1.165) is 16.8 Å². The van der Waals surface area contributed by atoms with E-state index >= 15 is 0 Å². The SMILES string of the molecule is Cc1cc(-c2ncccc2N)cc(-c2cccc3[nH]ccc23)c1. The van der Waals surface area contributed by atoms with Gasteiger partial charge in [-0.3, -0.25) is 4.98 Å². The molecule has 3 nitrogen and oxygen atoms in total. The minimum absolute atomic E-state index is 0.698. The number of aryl methyl sites for hydroxylation is 1. The van der Waals surface area contributed by atoms with Crippen molar-refractivity contribution in [2.24, 2.45) is 0 Å². The maximum Gasteiger partial charge on any atom is 0.0931 e. The Morgan fingerprint density at radius 3 is 2.70 bits per heavy atom. The van der Waals surface area contributed by atoms with Crippen LogP contribution in [0.2, 0.25) is 0 Å². The van der Waals surface area contributed by atoms with Gasteiger partial charge in [0.15, 0.2) is 0 Å². The number of hydrogen-bond acceptors (Lipinski definition) is 2. The zero-order chi connectivity index (χ0) is 15.8. The number of nitrogens with zero attached hydrogens (tertiary/aromatic N) is 1. The van der Waals surface area contributed by atoms with E-state index in [1.165, 1.54) is 22.1 Å². The summed E-state index contributed by atoms with van der Waals surface area (Å²) in [5, 5.41) is 1.22. The third-order valence-corrected chi connectivity index (χ3v) is 4.10. The van der Waals surface area contributed by atoms with E-state index < -0.39 is 0 Å². The molecule has 3 N–H and O–H groups in total. The first-order chi connectivity index (χ1) is 11.2. The summed E-state index contributed by atoms with van der Waals surface area (Å²) < 4.78 is 0. The number of benzene rings is 2. The summed E-state index contributed by atoms with van der Waals surface area (Å²) in [5.41, 5.74) is 13.4. The number of aromatic amines is 1. The molecule has 4 rings (SSSR count). The highest BCUT2D eigenvalue weighted by molar-refractivity contribution is 5.96. The quantitative estimate of drug-likeness (QED) is 0.559. The second kappa shape index (κ2) is 5.29. The van der Waals surface area contributed by atoms with Gasteiger partial charge in [0, 0.05) is 28.9 Å². The van der Waals surface area contributed by atoms with Crippen molar-refractivity contribution < 1.29 is 0 Å². The number of anilines is 1. The topological polar surface area (TPSA) is 54.7 Å². The van der Waals surface area contributed by atoms with Gasteiger partial charge in [-0.2, -0.15) is 0 Å². The van der Waals surface area contributed by atoms with Crippen molar-refractivity contribution in [1.29, 1.82) is 0 Å². The lowest BCUT2D eigenvalue weighted by molar-refractivity contribution is 1.32. The molecule has 0 unspecified atom stereocenters. The zero-order valence-electron chi connectivity index (χ0n) is 12.9. The molecule has 0 amide bonds. The summed E-state index contributed by atoms with van der Waals surface area (Å²) in [6, 6.07) is 18.7. The molecule has 0 atom stereocenters. The Morgan fingerprint density at radius 1 is 0.957 bits per heavy atom. The van der Waals surface area contributed by atoms with Crippen LogP contribution in [0.5, 0.6) is 0 Å². The Balaban J connectivity index is 1.94. The van der Waals surface area contributed by atoms with Gasteiger partial charge >= 0.3 is 0 Å². The maximum absolute atomic E-state index is 6.10. The predicted molar refractivity (Wildman–Crippen MR) is 96.1 cm³/mol. The first-order valence-corrected chi connectivity index (χ1v) is 7.61. The van der Waals surface area contributed by atoms with Gasteiger partial charge in [-0.15, -0.1) is 0 Å². The van der Waals surface area contributed by atoms with Crippen LogP contribution in [0.4, 0.5) is 5.69 Å². The highest BCUT2D eigenvalue weighted by Crippen LogP contribution is 2.33. The van der Waals surface area contributed by atoms with Gasteiger partial charge in [0.2, 0.25) is 0 Å². The van der Waals surface area contributed by atoms with E-state index in [9.17, 15) is 0 Å². The largest absolute Gasteiger partial charge is 0.397 e. The molecule has 4 aromatic rings. The number of nitrogens with one attached hydrogen (secondary N) is 1. The van der Waals surface area contributed by atoms with Crippen LogP contribution in [0.25, 0.3) is 33.3 Å². The number of pyridine rings is 1. The van der Waals surface area contributed by atoms with Crippen LogP contribution in [-0.4, -0.2) is 9.97 Å². The molecule has 2 aromatic heterocycles. The Labute approximate surface area is 134 Å². The molecule has 0 aliphatic rings. The van der Waals surface area contributed by atoms with Crippen molar-refractivity contribution in [3.8, 4) is 22.4 Å². The lowest BCUT2D eigenvalue weighted by Crippen LogP contribution is -1.93. The summed E-state index contributed by atoms with van der Waals surface area (Å²) in [6.45, 7) is 2.10. The first-order valence-electron chi connectivity index (χ1n) is 7.61. The van der Waals surface area contributed by atoms with Crippen LogP contribution >= 0.6 is 0 Å². The Morgan fingerprint density at radius 2 is 1.83 bits per heavy atom. The van der Waals surface area contributed by atoms with Gasteiger partial charge in [-0.25, -0.2) is 0 Å². The van der Waals surface area contributed by atoms with Gasteiger partial charge in [-0.05, 0) is 60.0 Å². The van der Waals surface area contributed by atoms with Gasteiger partial charge in [0.25, 0.3) is 0 Å². The normalized spacial score (nSPS) is 11.0. The Bertz CT molecular complexity index is 999. The molecule has 2 aromatic carbocycles. The van der Waals surface area contributed by atoms with Crippen molar-refractivity contribution in [3.05, 3.63) is 72.6 Å². The molecule has 3 heteroatoms.